The summed E-state index contributed by atoms with van der Waals surface area (Å²) in [5.74, 6) is -1.24. The molecule has 0 bridgehead atoms. The average molecular weight is 613 g/mol. The van der Waals surface area contributed by atoms with Gasteiger partial charge >= 0.3 is 0 Å². The van der Waals surface area contributed by atoms with Crippen LogP contribution in [0.3, 0.4) is 0 Å². The molecule has 2 aromatic rings. The van der Waals surface area contributed by atoms with Gasteiger partial charge < -0.3 is 10.6 Å². The zero-order chi connectivity index (χ0) is 29.1. The largest absolute Gasteiger partial charge is 0.350 e. The standard InChI is InChI=1S/C28H28N4O4S4/c1-5-15(3)29-23(33)17-7-11-19(12-8-17)31-25(35)21(39-27(31)37)22-26(36)32(28(38)40-22)20-13-9-18(10-14-20)24(34)30-16(4)6-2/h7-16H,5-6H2,1-4H3,(H,29,33)(H,30,34)/b22-21+/t15-,16-/m0/s1. The molecule has 2 heterocycles. The van der Waals surface area contributed by atoms with E-state index in [0.29, 0.717) is 22.5 Å². The monoisotopic (exact) mass is 612 g/mol. The molecule has 2 atom stereocenters. The molecule has 2 aliphatic rings. The van der Waals surface area contributed by atoms with Crippen molar-refractivity contribution in [3.8, 4) is 0 Å². The lowest BCUT2D eigenvalue weighted by Gasteiger charge is -2.16. The van der Waals surface area contributed by atoms with E-state index in [0.717, 1.165) is 36.4 Å². The third kappa shape index (κ3) is 6.14. The van der Waals surface area contributed by atoms with Crippen LogP contribution in [0, 0.1) is 0 Å². The van der Waals surface area contributed by atoms with Crippen LogP contribution in [0.5, 0.6) is 0 Å². The maximum absolute atomic E-state index is 13.4. The van der Waals surface area contributed by atoms with Gasteiger partial charge in [-0.1, -0.05) is 61.8 Å². The minimum atomic E-state index is -0.427. The van der Waals surface area contributed by atoms with Crippen LogP contribution in [-0.4, -0.2) is 44.4 Å². The summed E-state index contributed by atoms with van der Waals surface area (Å²) < 4.78 is 0.553. The second-order valence-corrected chi connectivity index (χ2v) is 12.6. The summed E-state index contributed by atoms with van der Waals surface area (Å²) in [6.45, 7) is 7.83. The van der Waals surface area contributed by atoms with E-state index < -0.39 is 11.8 Å². The molecule has 2 saturated heterocycles. The Morgan fingerprint density at radius 3 is 1.32 bits per heavy atom. The molecule has 208 valence electrons. The zero-order valence-corrected chi connectivity index (χ0v) is 25.6. The molecule has 2 fully saturated rings. The Balaban J connectivity index is 1.53. The maximum atomic E-state index is 13.4. The Hall–Kier alpha value is -3.06. The number of nitrogens with zero attached hydrogens (tertiary/aromatic N) is 2. The molecule has 4 amide bonds. The number of nitrogens with one attached hydrogen (secondary N) is 2. The first-order chi connectivity index (χ1) is 19.0. The van der Waals surface area contributed by atoms with E-state index in [4.69, 9.17) is 24.4 Å². The van der Waals surface area contributed by atoms with Gasteiger partial charge in [0.05, 0.1) is 21.2 Å². The predicted molar refractivity (Wildman–Crippen MR) is 170 cm³/mol. The first-order valence-electron chi connectivity index (χ1n) is 12.7. The molecule has 0 saturated carbocycles. The van der Waals surface area contributed by atoms with Crippen molar-refractivity contribution >= 4 is 91.6 Å². The van der Waals surface area contributed by atoms with Crippen molar-refractivity contribution in [1.29, 1.82) is 0 Å². The predicted octanol–water partition coefficient (Wildman–Crippen LogP) is 5.38. The maximum Gasteiger partial charge on any atom is 0.272 e. The second-order valence-electron chi connectivity index (χ2n) is 9.33. The van der Waals surface area contributed by atoms with E-state index in [2.05, 4.69) is 10.6 Å². The highest BCUT2D eigenvalue weighted by atomic mass is 32.2. The molecule has 0 radical (unpaired) electrons. The number of carbonyl (C=O) groups excluding carboxylic acids is 4. The molecular weight excluding hydrogens is 585 g/mol. The van der Waals surface area contributed by atoms with Gasteiger partial charge in [0, 0.05) is 23.2 Å². The summed E-state index contributed by atoms with van der Waals surface area (Å²) in [4.78, 5) is 54.8. The highest BCUT2D eigenvalue weighted by Crippen LogP contribution is 2.44. The van der Waals surface area contributed by atoms with Gasteiger partial charge in [-0.05, 0) is 75.2 Å². The summed E-state index contributed by atoms with van der Waals surface area (Å²) in [5.41, 5.74) is 1.94. The lowest BCUT2D eigenvalue weighted by atomic mass is 10.1. The van der Waals surface area contributed by atoms with E-state index >= 15 is 0 Å². The van der Waals surface area contributed by atoms with Crippen LogP contribution in [0.25, 0.3) is 0 Å². The second kappa shape index (κ2) is 12.6. The van der Waals surface area contributed by atoms with Crippen LogP contribution in [-0.2, 0) is 9.59 Å². The molecule has 12 heteroatoms. The van der Waals surface area contributed by atoms with Crippen molar-refractivity contribution in [2.45, 2.75) is 52.6 Å². The van der Waals surface area contributed by atoms with Gasteiger partial charge in [0.15, 0.2) is 8.64 Å². The number of rotatable bonds is 8. The minimum absolute atomic E-state index is 0.0460. The molecular formula is C28H28N4O4S4. The Morgan fingerprint density at radius 2 is 1.02 bits per heavy atom. The van der Waals surface area contributed by atoms with Crippen LogP contribution in [0.1, 0.15) is 61.3 Å². The molecule has 0 unspecified atom stereocenters. The lowest BCUT2D eigenvalue weighted by molar-refractivity contribution is -0.115. The number of benzene rings is 2. The molecule has 2 aromatic carbocycles. The van der Waals surface area contributed by atoms with Gasteiger partial charge in [-0.2, -0.15) is 0 Å². The summed E-state index contributed by atoms with van der Waals surface area (Å²) >= 11 is 13.1. The van der Waals surface area contributed by atoms with Crippen LogP contribution >= 0.6 is 48.0 Å². The number of hydrogen-bond acceptors (Lipinski definition) is 8. The summed E-state index contributed by atoms with van der Waals surface area (Å²) in [5, 5.41) is 5.82. The summed E-state index contributed by atoms with van der Waals surface area (Å²) in [6.07, 6.45) is 1.63. The SMILES string of the molecule is CC[C@H](C)NC(=O)c1ccc(N2C(=O)/C(=C3\SC(=S)N(c4ccc(C(=O)N[C@@H](C)CC)cc4)C3=O)SC2=S)cc1. The van der Waals surface area contributed by atoms with Crippen molar-refractivity contribution in [2.24, 2.45) is 0 Å². The Bertz CT molecular complexity index is 1320. The van der Waals surface area contributed by atoms with Crippen LogP contribution in [0.4, 0.5) is 11.4 Å². The van der Waals surface area contributed by atoms with Crippen molar-refractivity contribution in [2.75, 3.05) is 9.80 Å². The highest BCUT2D eigenvalue weighted by molar-refractivity contribution is 8.30. The van der Waals surface area contributed by atoms with Crippen molar-refractivity contribution in [3.05, 3.63) is 69.5 Å². The first kappa shape index (κ1) is 29.9. The zero-order valence-electron chi connectivity index (χ0n) is 22.3. The Kier molecular flexibility index (Phi) is 9.44. The molecule has 0 aliphatic carbocycles. The Labute approximate surface area is 252 Å². The first-order valence-corrected chi connectivity index (χ1v) is 15.2. The van der Waals surface area contributed by atoms with E-state index in [9.17, 15) is 19.2 Å². The summed E-state index contributed by atoms with van der Waals surface area (Å²) in [6, 6.07) is 13.3. The van der Waals surface area contributed by atoms with Crippen molar-refractivity contribution < 1.29 is 19.2 Å². The molecule has 0 spiro atoms. The van der Waals surface area contributed by atoms with Crippen LogP contribution in [0.2, 0.25) is 0 Å². The van der Waals surface area contributed by atoms with Crippen LogP contribution < -0.4 is 20.4 Å². The number of carbonyl (C=O) groups is 4. The van der Waals surface area contributed by atoms with E-state index in [1.807, 2.05) is 27.7 Å². The highest BCUT2D eigenvalue weighted by Gasteiger charge is 2.43. The van der Waals surface area contributed by atoms with E-state index in [1.54, 1.807) is 48.5 Å². The molecule has 0 aromatic heterocycles. The van der Waals surface area contributed by atoms with E-state index in [1.165, 1.54) is 9.80 Å². The number of hydrogen-bond donors (Lipinski definition) is 2. The van der Waals surface area contributed by atoms with Gasteiger partial charge in [0.2, 0.25) is 0 Å². The van der Waals surface area contributed by atoms with Gasteiger partial charge in [0.25, 0.3) is 23.6 Å². The lowest BCUT2D eigenvalue weighted by Crippen LogP contribution is -2.32. The number of thioether (sulfide) groups is 2. The topological polar surface area (TPSA) is 98.8 Å². The van der Waals surface area contributed by atoms with Crippen LogP contribution in [0.15, 0.2) is 58.3 Å². The number of amides is 4. The molecule has 40 heavy (non-hydrogen) atoms. The van der Waals surface area contributed by atoms with Gasteiger partial charge in [-0.3, -0.25) is 29.0 Å². The van der Waals surface area contributed by atoms with Gasteiger partial charge in [-0.15, -0.1) is 0 Å². The van der Waals surface area contributed by atoms with Gasteiger partial charge in [-0.25, -0.2) is 0 Å². The quantitative estimate of drug-likeness (QED) is 0.303. The third-order valence-electron chi connectivity index (χ3n) is 6.50. The van der Waals surface area contributed by atoms with E-state index in [-0.39, 0.29) is 42.3 Å². The number of thiocarbonyl (C=S) groups is 2. The molecule has 8 nitrogen and oxygen atoms in total. The Morgan fingerprint density at radius 1 is 0.700 bits per heavy atom. The fraction of sp³-hybridized carbons (Fsp3) is 0.286. The molecule has 4 rings (SSSR count). The van der Waals surface area contributed by atoms with Crippen molar-refractivity contribution in [1.82, 2.24) is 10.6 Å². The normalized spacial score (nSPS) is 18.8. The number of anilines is 2. The third-order valence-corrected chi connectivity index (χ3v) is 9.37. The van der Waals surface area contributed by atoms with Crippen molar-refractivity contribution in [3.63, 3.8) is 0 Å². The summed E-state index contributed by atoms with van der Waals surface area (Å²) in [7, 11) is 0. The fourth-order valence-electron chi connectivity index (χ4n) is 3.80. The molecule has 2 N–H and O–H groups in total. The molecule has 2 aliphatic heterocycles. The minimum Gasteiger partial charge on any atom is -0.350 e. The smallest absolute Gasteiger partial charge is 0.272 e. The average Bonchev–Trinajstić information content (AvgIpc) is 3.41. The van der Waals surface area contributed by atoms with Gasteiger partial charge in [0.1, 0.15) is 0 Å². The fourth-order valence-corrected chi connectivity index (χ4v) is 6.55.